The second-order valence-corrected chi connectivity index (χ2v) is 7.65. The average Bonchev–Trinajstić information content (AvgIpc) is 3.38. The van der Waals surface area contributed by atoms with Gasteiger partial charge < -0.3 is 21.1 Å². The highest BCUT2D eigenvalue weighted by atomic mass is 32.1. The number of amides is 2. The van der Waals surface area contributed by atoms with Gasteiger partial charge in [-0.1, -0.05) is 12.1 Å². The maximum Gasteiger partial charge on any atom is 0.262 e. The Kier molecular flexibility index (Phi) is 5.01. The third kappa shape index (κ3) is 3.97. The minimum atomic E-state index is -0.852. The van der Waals surface area contributed by atoms with Gasteiger partial charge in [0.15, 0.2) is 0 Å². The maximum absolute atomic E-state index is 12.7. The molecule has 3 aromatic heterocycles. The van der Waals surface area contributed by atoms with Crippen molar-refractivity contribution in [2.75, 3.05) is 0 Å². The van der Waals surface area contributed by atoms with Crippen LogP contribution in [0.25, 0.3) is 21.5 Å². The molecule has 4 aromatic rings. The molecule has 0 aliphatic carbocycles. The molecule has 29 heavy (non-hydrogen) atoms. The van der Waals surface area contributed by atoms with Crippen molar-refractivity contribution in [3.05, 3.63) is 71.4 Å². The second-order valence-electron chi connectivity index (χ2n) is 6.56. The first-order valence-corrected chi connectivity index (χ1v) is 9.73. The lowest BCUT2D eigenvalue weighted by Gasteiger charge is -2.15. The number of carbonyl (C=O) groups excluding carboxylic acids is 2. The molecule has 0 bridgehead atoms. The number of aromatic nitrogens is 2. The van der Waals surface area contributed by atoms with Crippen LogP contribution in [0.1, 0.15) is 15.2 Å². The van der Waals surface area contributed by atoms with Crippen LogP contribution in [0.5, 0.6) is 5.75 Å². The van der Waals surface area contributed by atoms with Gasteiger partial charge in [0, 0.05) is 34.6 Å². The van der Waals surface area contributed by atoms with Gasteiger partial charge in [-0.15, -0.1) is 11.3 Å². The van der Waals surface area contributed by atoms with Crippen molar-refractivity contribution in [2.45, 2.75) is 12.5 Å². The number of thiophene rings is 1. The standard InChI is InChI=1S/C21H18N4O3S/c22-19(27)16(11-12-1-3-13(26)4-2-12)25-21(28)18-6-5-17(29-18)14-7-9-23-20-15(14)8-10-24-20/h1-10,16,26H,11H2,(H2,22,27)(H,23,24)(H,25,28)/t16-/m0/s1. The number of aromatic hydroxyl groups is 1. The predicted molar refractivity (Wildman–Crippen MR) is 112 cm³/mol. The van der Waals surface area contributed by atoms with E-state index in [0.717, 1.165) is 27.0 Å². The van der Waals surface area contributed by atoms with Gasteiger partial charge in [-0.2, -0.15) is 0 Å². The molecule has 1 atom stereocenters. The van der Waals surface area contributed by atoms with E-state index in [9.17, 15) is 14.7 Å². The number of nitrogens with zero attached hydrogens (tertiary/aromatic N) is 1. The Morgan fingerprint density at radius 2 is 1.93 bits per heavy atom. The molecule has 4 rings (SSSR count). The zero-order chi connectivity index (χ0) is 20.4. The van der Waals surface area contributed by atoms with Crippen LogP contribution in [0.15, 0.2) is 60.9 Å². The van der Waals surface area contributed by atoms with Crippen molar-refractivity contribution < 1.29 is 14.7 Å². The molecule has 7 nitrogen and oxygen atoms in total. The molecule has 3 heterocycles. The Morgan fingerprint density at radius 1 is 1.14 bits per heavy atom. The average molecular weight is 406 g/mol. The van der Waals surface area contributed by atoms with Crippen molar-refractivity contribution in [1.29, 1.82) is 0 Å². The summed E-state index contributed by atoms with van der Waals surface area (Å²) in [5.74, 6) is -0.846. The number of nitrogens with two attached hydrogens (primary N) is 1. The summed E-state index contributed by atoms with van der Waals surface area (Å²) in [4.78, 5) is 33.3. The molecule has 0 unspecified atom stereocenters. The number of H-pyrrole nitrogens is 1. The van der Waals surface area contributed by atoms with Crippen LogP contribution in [-0.2, 0) is 11.2 Å². The molecule has 0 fully saturated rings. The van der Waals surface area contributed by atoms with Crippen molar-refractivity contribution in [2.24, 2.45) is 5.73 Å². The molecule has 1 aromatic carbocycles. The minimum Gasteiger partial charge on any atom is -0.508 e. The number of hydrogen-bond donors (Lipinski definition) is 4. The van der Waals surface area contributed by atoms with E-state index in [2.05, 4.69) is 15.3 Å². The van der Waals surface area contributed by atoms with Crippen molar-refractivity contribution >= 4 is 34.2 Å². The quantitative estimate of drug-likeness (QED) is 0.393. The van der Waals surface area contributed by atoms with Gasteiger partial charge in [-0.05, 0) is 42.0 Å². The summed E-state index contributed by atoms with van der Waals surface area (Å²) in [6, 6.07) is 13.0. The second kappa shape index (κ2) is 7.76. The summed E-state index contributed by atoms with van der Waals surface area (Å²) >= 11 is 1.34. The van der Waals surface area contributed by atoms with E-state index in [1.54, 1.807) is 24.4 Å². The highest BCUT2D eigenvalue weighted by Crippen LogP contribution is 2.32. The van der Waals surface area contributed by atoms with Gasteiger partial charge in [0.25, 0.3) is 5.91 Å². The fourth-order valence-electron chi connectivity index (χ4n) is 3.10. The monoisotopic (exact) mass is 406 g/mol. The van der Waals surface area contributed by atoms with E-state index in [0.29, 0.717) is 4.88 Å². The van der Waals surface area contributed by atoms with E-state index in [1.807, 2.05) is 24.4 Å². The largest absolute Gasteiger partial charge is 0.508 e. The molecular weight excluding hydrogens is 388 g/mol. The molecular formula is C21H18N4O3S. The Bertz CT molecular complexity index is 1180. The van der Waals surface area contributed by atoms with Crippen LogP contribution in [-0.4, -0.2) is 32.9 Å². The SMILES string of the molecule is NC(=O)[C@H](Cc1ccc(O)cc1)NC(=O)c1ccc(-c2ccnc3[nH]ccc23)s1. The topological polar surface area (TPSA) is 121 Å². The lowest BCUT2D eigenvalue weighted by Crippen LogP contribution is -2.45. The summed E-state index contributed by atoms with van der Waals surface area (Å²) in [5, 5.41) is 13.1. The van der Waals surface area contributed by atoms with E-state index < -0.39 is 11.9 Å². The first kappa shape index (κ1) is 18.7. The van der Waals surface area contributed by atoms with Crippen LogP contribution in [0.4, 0.5) is 0 Å². The molecule has 0 radical (unpaired) electrons. The van der Waals surface area contributed by atoms with Crippen LogP contribution < -0.4 is 11.1 Å². The number of aromatic amines is 1. The molecule has 8 heteroatoms. The van der Waals surface area contributed by atoms with Crippen LogP contribution in [0.2, 0.25) is 0 Å². The number of phenols is 1. The number of hydrogen-bond acceptors (Lipinski definition) is 5. The Balaban J connectivity index is 1.52. The summed E-state index contributed by atoms with van der Waals surface area (Å²) < 4.78 is 0. The Hall–Kier alpha value is -3.65. The van der Waals surface area contributed by atoms with Crippen LogP contribution in [0, 0.1) is 0 Å². The number of carbonyl (C=O) groups is 2. The first-order chi connectivity index (χ1) is 14.0. The normalized spacial score (nSPS) is 12.0. The fraction of sp³-hybridized carbons (Fsp3) is 0.0952. The van der Waals surface area contributed by atoms with Gasteiger partial charge in [0.1, 0.15) is 17.4 Å². The van der Waals surface area contributed by atoms with Crippen LogP contribution >= 0.6 is 11.3 Å². The zero-order valence-corrected chi connectivity index (χ0v) is 16.1. The lowest BCUT2D eigenvalue weighted by molar-refractivity contribution is -0.119. The van der Waals surface area contributed by atoms with E-state index in [1.165, 1.54) is 23.5 Å². The van der Waals surface area contributed by atoms with Gasteiger partial charge in [0.2, 0.25) is 5.91 Å². The molecule has 0 aliphatic heterocycles. The summed E-state index contributed by atoms with van der Waals surface area (Å²) in [6.45, 7) is 0. The molecule has 0 saturated heterocycles. The van der Waals surface area contributed by atoms with E-state index in [-0.39, 0.29) is 18.1 Å². The molecule has 5 N–H and O–H groups in total. The van der Waals surface area contributed by atoms with Crippen molar-refractivity contribution in [3.63, 3.8) is 0 Å². The number of phenolic OH excluding ortho intramolecular Hbond substituents is 1. The van der Waals surface area contributed by atoms with Gasteiger partial charge in [-0.3, -0.25) is 9.59 Å². The maximum atomic E-state index is 12.7. The van der Waals surface area contributed by atoms with Gasteiger partial charge in [0.05, 0.1) is 4.88 Å². The minimum absolute atomic E-state index is 0.132. The number of fused-ring (bicyclic) bond motifs is 1. The lowest BCUT2D eigenvalue weighted by atomic mass is 10.1. The Morgan fingerprint density at radius 3 is 2.69 bits per heavy atom. The first-order valence-electron chi connectivity index (χ1n) is 8.91. The van der Waals surface area contributed by atoms with Crippen LogP contribution in [0.3, 0.4) is 0 Å². The fourth-order valence-corrected chi connectivity index (χ4v) is 4.05. The molecule has 0 spiro atoms. The molecule has 0 aliphatic rings. The third-order valence-corrected chi connectivity index (χ3v) is 5.70. The van der Waals surface area contributed by atoms with Crippen molar-refractivity contribution in [3.8, 4) is 16.2 Å². The van der Waals surface area contributed by atoms with Gasteiger partial charge >= 0.3 is 0 Å². The number of nitrogens with one attached hydrogen (secondary N) is 2. The summed E-state index contributed by atoms with van der Waals surface area (Å²) in [5.41, 5.74) is 8.02. The van der Waals surface area contributed by atoms with Gasteiger partial charge in [-0.25, -0.2) is 4.98 Å². The highest BCUT2D eigenvalue weighted by molar-refractivity contribution is 7.17. The summed E-state index contributed by atoms with van der Waals surface area (Å²) in [7, 11) is 0. The molecule has 146 valence electrons. The number of primary amides is 1. The molecule has 2 amide bonds. The number of pyridine rings is 1. The number of benzene rings is 1. The smallest absolute Gasteiger partial charge is 0.262 e. The summed E-state index contributed by atoms with van der Waals surface area (Å²) in [6.07, 6.45) is 3.78. The van der Waals surface area contributed by atoms with E-state index >= 15 is 0 Å². The van der Waals surface area contributed by atoms with Crippen molar-refractivity contribution in [1.82, 2.24) is 15.3 Å². The third-order valence-electron chi connectivity index (χ3n) is 4.58. The highest BCUT2D eigenvalue weighted by Gasteiger charge is 2.21. The van der Waals surface area contributed by atoms with E-state index in [4.69, 9.17) is 5.73 Å². The predicted octanol–water partition coefficient (Wildman–Crippen LogP) is 2.82. The zero-order valence-electron chi connectivity index (χ0n) is 15.3. The molecule has 0 saturated carbocycles. The Labute approximate surface area is 170 Å². The number of rotatable bonds is 6.